The van der Waals surface area contributed by atoms with Crippen LogP contribution in [0.1, 0.15) is 45.6 Å². The molecular weight excluding hydrogens is 480 g/mol. The van der Waals surface area contributed by atoms with E-state index in [2.05, 4.69) is 0 Å². The highest BCUT2D eigenvalue weighted by Gasteiger charge is 2.40. The molecule has 1 aliphatic rings. The van der Waals surface area contributed by atoms with Gasteiger partial charge in [0.2, 0.25) is 11.6 Å². The van der Waals surface area contributed by atoms with Gasteiger partial charge in [-0.1, -0.05) is 60.7 Å². The highest BCUT2D eigenvalue weighted by molar-refractivity contribution is 6.45. The monoisotopic (exact) mass is 506 g/mol. The van der Waals surface area contributed by atoms with Crippen LogP contribution in [0.2, 0.25) is 0 Å². The second-order valence-electron chi connectivity index (χ2n) is 9.15. The molecule has 0 saturated carbocycles. The Bertz CT molecular complexity index is 1610. The Balaban J connectivity index is 1.57. The molecule has 6 nitrogen and oxygen atoms in total. The smallest absolute Gasteiger partial charge is 0.339 e. The summed E-state index contributed by atoms with van der Waals surface area (Å²) in [5.41, 5.74) is 2.28. The Morgan fingerprint density at radius 3 is 2.42 bits per heavy atom. The summed E-state index contributed by atoms with van der Waals surface area (Å²) in [6, 6.07) is 24.8. The number of cyclic esters (lactones) is 1. The number of ketones is 2. The van der Waals surface area contributed by atoms with Gasteiger partial charge in [0.05, 0.1) is 17.7 Å². The summed E-state index contributed by atoms with van der Waals surface area (Å²) in [6.07, 6.45) is -1.38. The molecule has 1 unspecified atom stereocenters. The molecule has 0 spiro atoms. The number of carbonyl (C=O) groups excluding carboxylic acids is 3. The molecule has 0 saturated heterocycles. The van der Waals surface area contributed by atoms with Gasteiger partial charge in [-0.25, -0.2) is 4.79 Å². The number of carbonyl (C=O) groups is 3. The van der Waals surface area contributed by atoms with E-state index >= 15 is 0 Å². The minimum absolute atomic E-state index is 0.173. The number of hydrogen-bond acceptors (Lipinski definition) is 6. The molecule has 4 aromatic carbocycles. The second-order valence-corrected chi connectivity index (χ2v) is 9.15. The van der Waals surface area contributed by atoms with Gasteiger partial charge in [0.1, 0.15) is 11.5 Å². The van der Waals surface area contributed by atoms with Gasteiger partial charge >= 0.3 is 5.97 Å². The summed E-state index contributed by atoms with van der Waals surface area (Å²) < 4.78 is 11.1. The highest BCUT2D eigenvalue weighted by Crippen LogP contribution is 2.39. The van der Waals surface area contributed by atoms with E-state index in [0.717, 1.165) is 16.3 Å². The lowest BCUT2D eigenvalue weighted by Gasteiger charge is -2.17. The third kappa shape index (κ3) is 4.68. The van der Waals surface area contributed by atoms with E-state index in [4.69, 9.17) is 9.47 Å². The van der Waals surface area contributed by atoms with Gasteiger partial charge in [-0.2, -0.15) is 0 Å². The molecule has 0 amide bonds. The minimum Gasteiger partial charge on any atom is -0.507 e. The first kappa shape index (κ1) is 25.0. The van der Waals surface area contributed by atoms with Gasteiger partial charge in [-0.05, 0) is 60.0 Å². The van der Waals surface area contributed by atoms with Gasteiger partial charge in [0, 0.05) is 17.5 Å². The molecule has 5 rings (SSSR count). The zero-order valence-electron chi connectivity index (χ0n) is 21.1. The van der Waals surface area contributed by atoms with E-state index in [0.29, 0.717) is 34.6 Å². The number of Topliss-reactive ketones (excluding diaryl/α,β-unsaturated/α-hetero) is 2. The van der Waals surface area contributed by atoms with Crippen LogP contribution in [0.15, 0.2) is 90.5 Å². The minimum atomic E-state index is -1.21. The maximum absolute atomic E-state index is 13.7. The van der Waals surface area contributed by atoms with Gasteiger partial charge in [-0.3, -0.25) is 9.59 Å². The van der Waals surface area contributed by atoms with Crippen LogP contribution in [-0.2, 0) is 20.7 Å². The average Bonchev–Trinajstić information content (AvgIpc) is 3.26. The second kappa shape index (κ2) is 10.3. The topological polar surface area (TPSA) is 89.9 Å². The number of fused-ring (bicyclic) bond motifs is 2. The van der Waals surface area contributed by atoms with Crippen LogP contribution < -0.4 is 4.74 Å². The van der Waals surface area contributed by atoms with Crippen molar-refractivity contribution >= 4 is 34.1 Å². The van der Waals surface area contributed by atoms with Crippen molar-refractivity contribution in [2.75, 3.05) is 6.61 Å². The van der Waals surface area contributed by atoms with E-state index in [9.17, 15) is 19.5 Å². The van der Waals surface area contributed by atoms with E-state index < -0.39 is 29.4 Å². The normalized spacial score (nSPS) is 15.0. The quantitative estimate of drug-likeness (QED) is 0.134. The number of aryl methyl sites for hydroxylation is 1. The number of rotatable bonds is 8. The van der Waals surface area contributed by atoms with Crippen molar-refractivity contribution < 1.29 is 29.0 Å². The number of aliphatic hydroxyl groups is 1. The van der Waals surface area contributed by atoms with Crippen molar-refractivity contribution in [2.24, 2.45) is 0 Å². The van der Waals surface area contributed by atoms with Crippen molar-refractivity contribution in [3.63, 3.8) is 0 Å². The zero-order valence-corrected chi connectivity index (χ0v) is 21.1. The third-order valence-electron chi connectivity index (χ3n) is 6.70. The molecular formula is C32H26O6. The first-order chi connectivity index (χ1) is 18.4. The fourth-order valence-corrected chi connectivity index (χ4v) is 4.73. The lowest BCUT2D eigenvalue weighted by atomic mass is 9.89. The highest BCUT2D eigenvalue weighted by atomic mass is 16.5. The summed E-state index contributed by atoms with van der Waals surface area (Å²) in [6.45, 7) is 4.24. The van der Waals surface area contributed by atoms with Gasteiger partial charge in [-0.15, -0.1) is 0 Å². The first-order valence-electron chi connectivity index (χ1n) is 12.4. The van der Waals surface area contributed by atoms with Crippen molar-refractivity contribution in [1.82, 2.24) is 0 Å². The van der Waals surface area contributed by atoms with Gasteiger partial charge < -0.3 is 14.6 Å². The summed E-state index contributed by atoms with van der Waals surface area (Å²) in [5, 5.41) is 13.3. The lowest BCUT2D eigenvalue weighted by Crippen LogP contribution is -2.24. The van der Waals surface area contributed by atoms with Crippen LogP contribution in [0, 0.1) is 6.92 Å². The van der Waals surface area contributed by atoms with Crippen molar-refractivity contribution in [3.8, 4) is 5.75 Å². The zero-order chi connectivity index (χ0) is 26.8. The molecule has 0 bridgehead atoms. The Morgan fingerprint density at radius 1 is 0.921 bits per heavy atom. The summed E-state index contributed by atoms with van der Waals surface area (Å²) >= 11 is 0. The molecule has 38 heavy (non-hydrogen) atoms. The maximum Gasteiger partial charge on any atom is 0.339 e. The van der Waals surface area contributed by atoms with Crippen LogP contribution in [0.3, 0.4) is 0 Å². The molecule has 190 valence electrons. The maximum atomic E-state index is 13.7. The van der Waals surface area contributed by atoms with Crippen LogP contribution in [0.4, 0.5) is 0 Å². The fraction of sp³-hybridized carbons (Fsp3) is 0.156. The van der Waals surface area contributed by atoms with Crippen LogP contribution in [-0.4, -0.2) is 29.2 Å². The number of ether oxygens (including phenoxy) is 2. The number of benzene rings is 4. The SMILES string of the molecule is CCOc1ccc(CC(=O)C(=O)C(=C(O)c2ccc3ccccc3c2)C2OC(=O)c3ccccc32)c(C)c1. The Labute approximate surface area is 220 Å². The molecule has 1 heterocycles. The molecule has 4 aromatic rings. The van der Waals surface area contributed by atoms with Crippen LogP contribution in [0.25, 0.3) is 16.5 Å². The molecule has 1 atom stereocenters. The molecule has 0 fully saturated rings. The predicted molar refractivity (Wildman–Crippen MR) is 144 cm³/mol. The average molecular weight is 507 g/mol. The van der Waals surface area contributed by atoms with Gasteiger partial charge in [0.25, 0.3) is 0 Å². The predicted octanol–water partition coefficient (Wildman–Crippen LogP) is 6.11. The standard InChI is InChI=1S/C32H26O6/c1-3-37-24-15-14-21(19(2)16-24)18-27(33)30(35)28(31-25-10-6-7-11-26(25)32(36)38-31)29(34)23-13-12-20-8-4-5-9-22(20)17-23/h4-17,31,34H,3,18H2,1-2H3. The molecule has 1 N–H and O–H groups in total. The molecule has 1 aliphatic heterocycles. The molecule has 6 heteroatoms. The van der Waals surface area contributed by atoms with E-state index in [1.165, 1.54) is 0 Å². The number of esters is 1. The van der Waals surface area contributed by atoms with Crippen molar-refractivity contribution in [1.29, 1.82) is 0 Å². The Morgan fingerprint density at radius 2 is 1.66 bits per heavy atom. The van der Waals surface area contributed by atoms with E-state index in [-0.39, 0.29) is 12.0 Å². The Kier molecular flexibility index (Phi) is 6.79. The summed E-state index contributed by atoms with van der Waals surface area (Å²) in [4.78, 5) is 39.7. The van der Waals surface area contributed by atoms with Crippen molar-refractivity contribution in [3.05, 3.63) is 118 Å². The van der Waals surface area contributed by atoms with Crippen LogP contribution in [0.5, 0.6) is 5.75 Å². The van der Waals surface area contributed by atoms with E-state index in [1.807, 2.05) is 50.2 Å². The molecule has 0 aliphatic carbocycles. The molecule has 0 aromatic heterocycles. The number of aliphatic hydroxyl groups excluding tert-OH is 1. The summed E-state index contributed by atoms with van der Waals surface area (Å²) in [7, 11) is 0. The fourth-order valence-electron chi connectivity index (χ4n) is 4.73. The van der Waals surface area contributed by atoms with E-state index in [1.54, 1.807) is 48.5 Å². The summed E-state index contributed by atoms with van der Waals surface area (Å²) in [5.74, 6) is -1.96. The third-order valence-corrected chi connectivity index (χ3v) is 6.70. The van der Waals surface area contributed by atoms with Crippen molar-refractivity contribution in [2.45, 2.75) is 26.4 Å². The lowest BCUT2D eigenvalue weighted by molar-refractivity contribution is -0.134. The number of hydrogen-bond donors (Lipinski definition) is 1. The Hall–Kier alpha value is -4.71. The first-order valence-corrected chi connectivity index (χ1v) is 12.4. The largest absolute Gasteiger partial charge is 0.507 e. The van der Waals surface area contributed by atoms with Crippen LogP contribution >= 0.6 is 0 Å². The molecule has 0 radical (unpaired) electrons. The van der Waals surface area contributed by atoms with Gasteiger partial charge in [0.15, 0.2) is 6.10 Å².